The highest BCUT2D eigenvalue weighted by molar-refractivity contribution is 7.89. The van der Waals surface area contributed by atoms with Crippen molar-refractivity contribution in [3.05, 3.63) is 45.8 Å². The van der Waals surface area contributed by atoms with Crippen molar-refractivity contribution in [2.45, 2.75) is 63.9 Å². The number of thiophene rings is 1. The number of anilines is 1. The summed E-state index contributed by atoms with van der Waals surface area (Å²) < 4.78 is 31.8. The lowest BCUT2D eigenvalue weighted by atomic mass is 9.81. The Morgan fingerprint density at radius 2 is 1.71 bits per heavy atom. The number of nitrogens with zero attached hydrogens (tertiary/aromatic N) is 1. The first-order valence-corrected chi connectivity index (χ1v) is 13.5. The van der Waals surface area contributed by atoms with Gasteiger partial charge in [0.25, 0.3) is 5.91 Å². The van der Waals surface area contributed by atoms with Crippen LogP contribution in [0.3, 0.4) is 0 Å². The molecule has 1 aliphatic heterocycles. The first kappa shape index (κ1) is 26.3. The zero-order valence-electron chi connectivity index (χ0n) is 20.7. The first-order valence-electron chi connectivity index (χ1n) is 11.2. The minimum absolute atomic E-state index is 0.129. The fraction of sp³-hybridized carbons (Fsp3) is 0.500. The number of hydrogen-bond donors (Lipinski definition) is 2. The Bertz CT molecular complexity index is 1190. The normalized spacial score (nSPS) is 16.7. The number of fused-ring (bicyclic) bond motifs is 1. The number of benzene rings is 1. The van der Waals surface area contributed by atoms with Gasteiger partial charge >= 0.3 is 5.97 Å². The summed E-state index contributed by atoms with van der Waals surface area (Å²) in [6.07, 6.45) is 0.612. The van der Waals surface area contributed by atoms with Crippen molar-refractivity contribution in [1.29, 1.82) is 0 Å². The van der Waals surface area contributed by atoms with Gasteiger partial charge < -0.3 is 15.4 Å². The summed E-state index contributed by atoms with van der Waals surface area (Å²) in [7, 11) is -2.29. The third-order valence-electron chi connectivity index (χ3n) is 5.92. The van der Waals surface area contributed by atoms with E-state index in [1.807, 2.05) is 13.8 Å². The van der Waals surface area contributed by atoms with Gasteiger partial charge in [-0.05, 0) is 63.9 Å². The maximum absolute atomic E-state index is 13.1. The summed E-state index contributed by atoms with van der Waals surface area (Å²) in [6.45, 7) is 12.5. The van der Waals surface area contributed by atoms with E-state index in [2.05, 4.69) is 24.5 Å². The number of methoxy groups -OCH3 is 1. The molecule has 1 aromatic heterocycles. The van der Waals surface area contributed by atoms with Gasteiger partial charge in [-0.25, -0.2) is 13.2 Å². The molecule has 0 aliphatic carbocycles. The van der Waals surface area contributed by atoms with Gasteiger partial charge in [-0.2, -0.15) is 4.31 Å². The molecule has 2 N–H and O–H groups in total. The molecule has 0 radical (unpaired) electrons. The van der Waals surface area contributed by atoms with Gasteiger partial charge in [-0.1, -0.05) is 13.8 Å². The minimum Gasteiger partial charge on any atom is -0.465 e. The summed E-state index contributed by atoms with van der Waals surface area (Å²) in [5.74, 6) is -0.928. The van der Waals surface area contributed by atoms with Gasteiger partial charge in [-0.3, -0.25) is 4.79 Å². The lowest BCUT2D eigenvalue weighted by molar-refractivity contribution is 0.0600. The van der Waals surface area contributed by atoms with Gasteiger partial charge in [0.2, 0.25) is 10.0 Å². The second kappa shape index (κ2) is 9.41. The molecule has 34 heavy (non-hydrogen) atoms. The van der Waals surface area contributed by atoms with Crippen LogP contribution in [0.1, 0.15) is 72.7 Å². The molecule has 3 rings (SSSR count). The lowest BCUT2D eigenvalue weighted by Gasteiger charge is -2.42. The summed E-state index contributed by atoms with van der Waals surface area (Å²) in [5.41, 5.74) is 0.904. The fourth-order valence-electron chi connectivity index (χ4n) is 4.60. The van der Waals surface area contributed by atoms with E-state index >= 15 is 0 Å². The standard InChI is InChI=1S/C24H33N3O5S2/c1-8-27(9-2)34(30,31)16-12-10-15(11-13-16)20(28)25-21-18(22(29)32-7)17-14-23(3,4)26-24(5,6)19(17)33-21/h10-13,26H,8-9,14H2,1-7H3,(H,25,28). The quantitative estimate of drug-likeness (QED) is 0.550. The van der Waals surface area contributed by atoms with Crippen molar-refractivity contribution in [2.75, 3.05) is 25.5 Å². The Hall–Kier alpha value is -2.27. The largest absolute Gasteiger partial charge is 0.465 e. The van der Waals surface area contributed by atoms with Crippen molar-refractivity contribution in [3.8, 4) is 0 Å². The number of carbonyl (C=O) groups is 2. The molecule has 1 amide bonds. The van der Waals surface area contributed by atoms with E-state index in [-0.39, 0.29) is 10.4 Å². The molecular weight excluding hydrogens is 474 g/mol. The van der Waals surface area contributed by atoms with E-state index in [1.54, 1.807) is 13.8 Å². The zero-order chi connectivity index (χ0) is 25.5. The van der Waals surface area contributed by atoms with Crippen LogP contribution in [-0.2, 0) is 26.7 Å². The van der Waals surface area contributed by atoms with Gasteiger partial charge in [0.1, 0.15) is 5.00 Å². The topological polar surface area (TPSA) is 105 Å². The van der Waals surface area contributed by atoms with Gasteiger partial charge in [0, 0.05) is 34.6 Å². The molecule has 0 bridgehead atoms. The molecule has 1 aromatic carbocycles. The smallest absolute Gasteiger partial charge is 0.341 e. The van der Waals surface area contributed by atoms with Crippen LogP contribution in [0.15, 0.2) is 29.2 Å². The molecule has 10 heteroatoms. The molecule has 1 aliphatic rings. The monoisotopic (exact) mass is 507 g/mol. The maximum Gasteiger partial charge on any atom is 0.341 e. The van der Waals surface area contributed by atoms with Gasteiger partial charge in [0.15, 0.2) is 0 Å². The molecule has 0 saturated carbocycles. The molecule has 0 atom stereocenters. The number of nitrogens with one attached hydrogen (secondary N) is 2. The van der Waals surface area contributed by atoms with E-state index in [0.29, 0.717) is 35.6 Å². The predicted molar refractivity (Wildman–Crippen MR) is 134 cm³/mol. The maximum atomic E-state index is 13.1. The molecule has 0 spiro atoms. The van der Waals surface area contributed by atoms with Crippen LogP contribution in [0, 0.1) is 0 Å². The van der Waals surface area contributed by atoms with E-state index in [9.17, 15) is 18.0 Å². The van der Waals surface area contributed by atoms with E-state index < -0.39 is 27.4 Å². The number of amides is 1. The summed E-state index contributed by atoms with van der Waals surface area (Å²) in [5, 5.41) is 6.88. The van der Waals surface area contributed by atoms with Gasteiger partial charge in [0.05, 0.1) is 17.6 Å². The highest BCUT2D eigenvalue weighted by Gasteiger charge is 2.42. The van der Waals surface area contributed by atoms with E-state index in [0.717, 1.165) is 10.4 Å². The summed E-state index contributed by atoms with van der Waals surface area (Å²) in [4.78, 5) is 26.9. The second-order valence-corrected chi connectivity index (χ2v) is 12.4. The third-order valence-corrected chi connectivity index (χ3v) is 9.46. The van der Waals surface area contributed by atoms with Crippen molar-refractivity contribution in [1.82, 2.24) is 9.62 Å². The summed E-state index contributed by atoms with van der Waals surface area (Å²) in [6, 6.07) is 5.81. The first-order chi connectivity index (χ1) is 15.8. The number of esters is 1. The highest BCUT2D eigenvalue weighted by Crippen LogP contribution is 2.45. The Kier molecular flexibility index (Phi) is 7.29. The number of sulfonamides is 1. The SMILES string of the molecule is CCN(CC)S(=O)(=O)c1ccc(C(=O)Nc2sc3c(c2C(=O)OC)CC(C)(C)NC3(C)C)cc1. The van der Waals surface area contributed by atoms with Crippen molar-refractivity contribution >= 4 is 38.2 Å². The average Bonchev–Trinajstić information content (AvgIpc) is 3.11. The molecular formula is C24H33N3O5S2. The third kappa shape index (κ3) is 4.91. The lowest BCUT2D eigenvalue weighted by Crippen LogP contribution is -2.55. The number of carbonyl (C=O) groups excluding carboxylic acids is 2. The molecule has 0 unspecified atom stereocenters. The van der Waals surface area contributed by atoms with Crippen LogP contribution >= 0.6 is 11.3 Å². The van der Waals surface area contributed by atoms with Crippen LogP contribution < -0.4 is 10.6 Å². The van der Waals surface area contributed by atoms with Crippen LogP contribution in [0.2, 0.25) is 0 Å². The van der Waals surface area contributed by atoms with E-state index in [1.165, 1.54) is 47.0 Å². The van der Waals surface area contributed by atoms with Crippen molar-refractivity contribution < 1.29 is 22.7 Å². The summed E-state index contributed by atoms with van der Waals surface area (Å²) >= 11 is 1.36. The minimum atomic E-state index is -3.61. The Morgan fingerprint density at radius 3 is 2.24 bits per heavy atom. The van der Waals surface area contributed by atoms with Crippen LogP contribution in [0.25, 0.3) is 0 Å². The van der Waals surface area contributed by atoms with Crippen LogP contribution in [0.5, 0.6) is 0 Å². The predicted octanol–water partition coefficient (Wildman–Crippen LogP) is 3.98. The molecule has 2 aromatic rings. The Morgan fingerprint density at radius 1 is 1.12 bits per heavy atom. The molecule has 8 nitrogen and oxygen atoms in total. The molecule has 0 saturated heterocycles. The van der Waals surface area contributed by atoms with Crippen LogP contribution in [-0.4, -0.2) is 50.3 Å². The van der Waals surface area contributed by atoms with Gasteiger partial charge in [-0.15, -0.1) is 11.3 Å². The zero-order valence-corrected chi connectivity index (χ0v) is 22.4. The Labute approximate surface area is 205 Å². The number of hydrogen-bond acceptors (Lipinski definition) is 7. The highest BCUT2D eigenvalue weighted by atomic mass is 32.2. The van der Waals surface area contributed by atoms with Crippen molar-refractivity contribution in [2.24, 2.45) is 0 Å². The molecule has 186 valence electrons. The van der Waals surface area contributed by atoms with Crippen molar-refractivity contribution in [3.63, 3.8) is 0 Å². The molecule has 2 heterocycles. The number of ether oxygens (including phenoxy) is 1. The van der Waals surface area contributed by atoms with Crippen LogP contribution in [0.4, 0.5) is 5.00 Å². The van der Waals surface area contributed by atoms with E-state index in [4.69, 9.17) is 4.74 Å². The average molecular weight is 508 g/mol. The fourth-order valence-corrected chi connectivity index (χ4v) is 7.32. The Balaban J connectivity index is 1.95. The molecule has 0 fully saturated rings. The second-order valence-electron chi connectivity index (χ2n) is 9.48. The number of rotatable bonds is 7.